The van der Waals surface area contributed by atoms with Crippen LogP contribution in [0.5, 0.6) is 0 Å². The van der Waals surface area contributed by atoms with Gasteiger partial charge in [0.25, 0.3) is 0 Å². The lowest BCUT2D eigenvalue weighted by Gasteiger charge is -2.33. The van der Waals surface area contributed by atoms with Crippen molar-refractivity contribution in [2.75, 3.05) is 13.6 Å². The number of nitrogens with zero attached hydrogens (tertiary/aromatic N) is 2. The maximum Gasteiger partial charge on any atom is 0.245 e. The molecular weight excluding hydrogens is 352 g/mol. The van der Waals surface area contributed by atoms with E-state index in [2.05, 4.69) is 15.9 Å². The summed E-state index contributed by atoms with van der Waals surface area (Å²) in [6, 6.07) is 3.67. The van der Waals surface area contributed by atoms with E-state index in [1.54, 1.807) is 21.1 Å². The third-order valence-electron chi connectivity index (χ3n) is 3.73. The van der Waals surface area contributed by atoms with Gasteiger partial charge in [0, 0.05) is 24.9 Å². The Bertz CT molecular complexity index is 529. The van der Waals surface area contributed by atoms with E-state index in [0.717, 1.165) is 15.1 Å². The molecule has 1 aromatic heterocycles. The average molecular weight is 373 g/mol. The van der Waals surface area contributed by atoms with Gasteiger partial charge in [0.05, 0.1) is 10.3 Å². The number of carbonyl (C=O) groups is 2. The van der Waals surface area contributed by atoms with Gasteiger partial charge in [-0.1, -0.05) is 13.8 Å². The lowest BCUT2D eigenvalue weighted by Crippen LogP contribution is -2.50. The van der Waals surface area contributed by atoms with E-state index in [1.807, 2.05) is 33.0 Å². The number of hydrogen-bond acceptors (Lipinski definition) is 3. The Morgan fingerprint density at radius 2 is 2.19 bits per heavy atom. The summed E-state index contributed by atoms with van der Waals surface area (Å²) in [6.45, 7) is 5.29. The van der Waals surface area contributed by atoms with E-state index in [1.165, 1.54) is 0 Å². The van der Waals surface area contributed by atoms with Crippen LogP contribution in [-0.2, 0) is 16.1 Å². The molecule has 0 radical (unpaired) electrons. The van der Waals surface area contributed by atoms with Crippen LogP contribution >= 0.6 is 27.3 Å². The lowest BCUT2D eigenvalue weighted by molar-refractivity contribution is -0.144. The Kier molecular flexibility index (Phi) is 5.43. The zero-order chi connectivity index (χ0) is 15.6. The average Bonchev–Trinajstić information content (AvgIpc) is 2.99. The molecule has 0 N–H and O–H groups in total. The normalized spacial score (nSPS) is 16.6. The van der Waals surface area contributed by atoms with Crippen LogP contribution in [0.1, 0.15) is 31.6 Å². The van der Waals surface area contributed by atoms with Crippen LogP contribution in [0.4, 0.5) is 0 Å². The molecule has 1 atom stereocenters. The van der Waals surface area contributed by atoms with Crippen LogP contribution in [0.3, 0.4) is 0 Å². The van der Waals surface area contributed by atoms with Gasteiger partial charge >= 0.3 is 0 Å². The van der Waals surface area contributed by atoms with Crippen molar-refractivity contribution < 1.29 is 9.59 Å². The second kappa shape index (κ2) is 6.92. The fourth-order valence-corrected chi connectivity index (χ4v) is 4.25. The summed E-state index contributed by atoms with van der Waals surface area (Å²) in [5, 5.41) is 0. The quantitative estimate of drug-likeness (QED) is 0.796. The minimum absolute atomic E-state index is 0.0322. The van der Waals surface area contributed by atoms with Crippen molar-refractivity contribution in [3.8, 4) is 0 Å². The highest BCUT2D eigenvalue weighted by Gasteiger charge is 2.36. The molecule has 1 unspecified atom stereocenters. The minimum Gasteiger partial charge on any atom is -0.339 e. The molecule has 1 fully saturated rings. The fraction of sp³-hybridized carbons (Fsp3) is 0.600. The molecule has 1 aromatic rings. The molecule has 0 spiro atoms. The highest BCUT2D eigenvalue weighted by atomic mass is 79.9. The summed E-state index contributed by atoms with van der Waals surface area (Å²) in [5.74, 6) is 0.260. The van der Waals surface area contributed by atoms with Gasteiger partial charge in [-0.25, -0.2) is 0 Å². The monoisotopic (exact) mass is 372 g/mol. The van der Waals surface area contributed by atoms with Gasteiger partial charge in [-0.15, -0.1) is 11.3 Å². The predicted molar refractivity (Wildman–Crippen MR) is 88.1 cm³/mol. The summed E-state index contributed by atoms with van der Waals surface area (Å²) in [6.07, 6.45) is 1.43. The molecule has 21 heavy (non-hydrogen) atoms. The topological polar surface area (TPSA) is 40.6 Å². The molecule has 6 heteroatoms. The molecule has 4 nitrogen and oxygen atoms in total. The van der Waals surface area contributed by atoms with Gasteiger partial charge in [-0.2, -0.15) is 0 Å². The van der Waals surface area contributed by atoms with Gasteiger partial charge in [0.1, 0.15) is 6.04 Å². The van der Waals surface area contributed by atoms with Crippen molar-refractivity contribution in [1.82, 2.24) is 9.80 Å². The number of halogens is 1. The third-order valence-corrected chi connectivity index (χ3v) is 5.34. The molecule has 0 bridgehead atoms. The van der Waals surface area contributed by atoms with Gasteiger partial charge in [0.15, 0.2) is 0 Å². The van der Waals surface area contributed by atoms with Crippen molar-refractivity contribution in [3.05, 3.63) is 20.8 Å². The Balaban J connectivity index is 2.08. The predicted octanol–water partition coefficient (Wildman–Crippen LogP) is 3.12. The SMILES string of the molecule is CC(C)C(C(=O)N(C)Cc1ccc(Br)s1)N1CCCC1=O. The number of rotatable bonds is 5. The first-order valence-electron chi connectivity index (χ1n) is 7.19. The Morgan fingerprint density at radius 1 is 1.48 bits per heavy atom. The number of thiophene rings is 1. The van der Waals surface area contributed by atoms with Crippen LogP contribution in [0.2, 0.25) is 0 Å². The smallest absolute Gasteiger partial charge is 0.245 e. The standard InChI is InChI=1S/C15H21BrN2O2S/c1-10(2)14(18-8-4-5-13(18)19)15(20)17(3)9-11-6-7-12(16)21-11/h6-7,10,14H,4-5,8-9H2,1-3H3. The highest BCUT2D eigenvalue weighted by molar-refractivity contribution is 9.11. The lowest BCUT2D eigenvalue weighted by atomic mass is 10.0. The van der Waals surface area contributed by atoms with Crippen LogP contribution in [0.15, 0.2) is 15.9 Å². The maximum absolute atomic E-state index is 12.8. The second-order valence-corrected chi connectivity index (χ2v) is 8.33. The Hall–Kier alpha value is -0.880. The zero-order valence-electron chi connectivity index (χ0n) is 12.6. The molecule has 1 saturated heterocycles. The summed E-state index contributed by atoms with van der Waals surface area (Å²) >= 11 is 5.06. The first-order chi connectivity index (χ1) is 9.90. The van der Waals surface area contributed by atoms with Crippen molar-refractivity contribution in [1.29, 1.82) is 0 Å². The van der Waals surface area contributed by atoms with Crippen LogP contribution < -0.4 is 0 Å². The van der Waals surface area contributed by atoms with Crippen molar-refractivity contribution >= 4 is 39.1 Å². The zero-order valence-corrected chi connectivity index (χ0v) is 15.0. The highest BCUT2D eigenvalue weighted by Crippen LogP contribution is 2.25. The summed E-state index contributed by atoms with van der Waals surface area (Å²) < 4.78 is 1.06. The fourth-order valence-electron chi connectivity index (χ4n) is 2.72. The summed E-state index contributed by atoms with van der Waals surface area (Å²) in [5.41, 5.74) is 0. The van der Waals surface area contributed by atoms with Crippen LogP contribution in [0, 0.1) is 5.92 Å². The summed E-state index contributed by atoms with van der Waals surface area (Å²) in [7, 11) is 1.81. The molecule has 1 aliphatic rings. The molecule has 0 aromatic carbocycles. The largest absolute Gasteiger partial charge is 0.339 e. The number of hydrogen-bond donors (Lipinski definition) is 0. The summed E-state index contributed by atoms with van der Waals surface area (Å²) in [4.78, 5) is 29.3. The van der Waals surface area contributed by atoms with E-state index in [9.17, 15) is 9.59 Å². The van der Waals surface area contributed by atoms with Gasteiger partial charge in [0.2, 0.25) is 11.8 Å². The van der Waals surface area contributed by atoms with E-state index in [0.29, 0.717) is 19.5 Å². The first-order valence-corrected chi connectivity index (χ1v) is 8.79. The third kappa shape index (κ3) is 3.86. The van der Waals surface area contributed by atoms with Gasteiger partial charge < -0.3 is 9.80 Å². The first kappa shape index (κ1) is 16.5. The van der Waals surface area contributed by atoms with E-state index in [4.69, 9.17) is 0 Å². The number of likely N-dealkylation sites (N-methyl/N-ethyl adjacent to an activating group) is 1. The number of likely N-dealkylation sites (tertiary alicyclic amines) is 1. The molecule has 0 saturated carbocycles. The molecule has 2 amide bonds. The number of carbonyl (C=O) groups excluding carboxylic acids is 2. The molecule has 1 aliphatic heterocycles. The van der Waals surface area contributed by atoms with E-state index in [-0.39, 0.29) is 23.8 Å². The molecule has 2 rings (SSSR count). The maximum atomic E-state index is 12.8. The Labute approximate surface area is 138 Å². The second-order valence-electron chi connectivity index (χ2n) is 5.78. The van der Waals surface area contributed by atoms with Crippen molar-refractivity contribution in [3.63, 3.8) is 0 Å². The van der Waals surface area contributed by atoms with Crippen molar-refractivity contribution in [2.45, 2.75) is 39.3 Å². The molecule has 0 aliphatic carbocycles. The molecule has 116 valence electrons. The van der Waals surface area contributed by atoms with Crippen LogP contribution in [0.25, 0.3) is 0 Å². The Morgan fingerprint density at radius 3 is 2.67 bits per heavy atom. The van der Waals surface area contributed by atoms with Crippen molar-refractivity contribution in [2.24, 2.45) is 5.92 Å². The molecule has 2 heterocycles. The number of amides is 2. The minimum atomic E-state index is -0.339. The van der Waals surface area contributed by atoms with E-state index < -0.39 is 0 Å². The van der Waals surface area contributed by atoms with Gasteiger partial charge in [-0.05, 0) is 40.4 Å². The molecular formula is C15H21BrN2O2S. The van der Waals surface area contributed by atoms with Gasteiger partial charge in [-0.3, -0.25) is 9.59 Å². The van der Waals surface area contributed by atoms with Crippen LogP contribution in [-0.4, -0.2) is 41.2 Å². The van der Waals surface area contributed by atoms with E-state index >= 15 is 0 Å².